The average Bonchev–Trinajstić information content (AvgIpc) is 2.53. The quantitative estimate of drug-likeness (QED) is 0.774. The molecule has 0 radical (unpaired) electrons. The van der Waals surface area contributed by atoms with Crippen molar-refractivity contribution in [2.75, 3.05) is 7.11 Å². The Labute approximate surface area is 131 Å². The fourth-order valence-corrected chi connectivity index (χ4v) is 2.33. The Morgan fingerprint density at radius 3 is 2.13 bits per heavy atom. The summed E-state index contributed by atoms with van der Waals surface area (Å²) in [6.45, 7) is 1.71. The van der Waals surface area contributed by atoms with Crippen molar-refractivity contribution >= 4 is 11.9 Å². The van der Waals surface area contributed by atoms with E-state index in [0.717, 1.165) is 11.8 Å². The number of aromatic nitrogens is 1. The van der Waals surface area contributed by atoms with E-state index in [1.807, 2.05) is 0 Å². The number of aromatic hydroxyl groups is 1. The Balaban J connectivity index is 2.59. The summed E-state index contributed by atoms with van der Waals surface area (Å²) in [7, 11) is 1.53. The highest BCUT2D eigenvalue weighted by atomic mass is 16.5. The minimum absolute atomic E-state index is 0.0675. The van der Waals surface area contributed by atoms with Crippen molar-refractivity contribution in [2.24, 2.45) is 0 Å². The highest BCUT2D eigenvalue weighted by molar-refractivity contribution is 6.04. The number of nitrogens with zero attached hydrogens (tertiary/aromatic N) is 1. The van der Waals surface area contributed by atoms with Gasteiger partial charge in [0.15, 0.2) is 0 Å². The molecule has 1 heterocycles. The molecule has 2 rings (SSSR count). The van der Waals surface area contributed by atoms with Gasteiger partial charge in [-0.25, -0.2) is 9.59 Å². The fourth-order valence-electron chi connectivity index (χ4n) is 2.33. The maximum Gasteiger partial charge on any atom is 0.340 e. The predicted octanol–water partition coefficient (Wildman–Crippen LogP) is 2.34. The second-order valence-corrected chi connectivity index (χ2v) is 4.88. The fraction of sp³-hybridized carbons (Fsp3) is 0.188. The predicted molar refractivity (Wildman–Crippen MR) is 80.3 cm³/mol. The smallest absolute Gasteiger partial charge is 0.340 e. The third-order valence-electron chi connectivity index (χ3n) is 3.54. The first kappa shape index (κ1) is 16.3. The summed E-state index contributed by atoms with van der Waals surface area (Å²) >= 11 is 0. The molecule has 23 heavy (non-hydrogen) atoms. The van der Waals surface area contributed by atoms with Crippen LogP contribution in [-0.2, 0) is 0 Å². The van der Waals surface area contributed by atoms with Gasteiger partial charge in [-0.2, -0.15) is 0 Å². The van der Waals surface area contributed by atoms with Crippen LogP contribution in [0.15, 0.2) is 30.5 Å². The first-order valence-electron chi connectivity index (χ1n) is 6.69. The summed E-state index contributed by atoms with van der Waals surface area (Å²) in [4.78, 5) is 26.7. The molecular weight excluding hydrogens is 302 g/mol. The van der Waals surface area contributed by atoms with Gasteiger partial charge in [0.05, 0.1) is 24.6 Å². The van der Waals surface area contributed by atoms with Crippen molar-refractivity contribution in [3.8, 4) is 11.5 Å². The van der Waals surface area contributed by atoms with Gasteiger partial charge in [0.25, 0.3) is 0 Å². The van der Waals surface area contributed by atoms with Crippen LogP contribution in [0.1, 0.15) is 44.8 Å². The zero-order valence-corrected chi connectivity index (χ0v) is 12.5. The van der Waals surface area contributed by atoms with Gasteiger partial charge in [0.1, 0.15) is 17.1 Å². The van der Waals surface area contributed by atoms with Gasteiger partial charge >= 0.3 is 11.9 Å². The maximum absolute atomic E-state index is 11.5. The van der Waals surface area contributed by atoms with Crippen LogP contribution in [0.3, 0.4) is 0 Å². The number of rotatable bonds is 5. The molecule has 0 saturated heterocycles. The van der Waals surface area contributed by atoms with E-state index in [-0.39, 0.29) is 5.69 Å². The first-order valence-corrected chi connectivity index (χ1v) is 6.69. The molecule has 0 amide bonds. The minimum atomic E-state index is -1.52. The second-order valence-electron chi connectivity index (χ2n) is 4.88. The van der Waals surface area contributed by atoms with Crippen LogP contribution >= 0.6 is 0 Å². The number of carboxylic acids is 2. The SMILES string of the molecule is COc1ccc(C(C)c2ncc(O)c(C(=O)O)c2C(=O)O)cc1. The number of ether oxygens (including phenoxy) is 1. The Bertz CT molecular complexity index is 754. The molecule has 0 aliphatic heterocycles. The molecule has 0 aliphatic rings. The van der Waals surface area contributed by atoms with E-state index in [0.29, 0.717) is 5.75 Å². The van der Waals surface area contributed by atoms with E-state index < -0.39 is 34.7 Å². The monoisotopic (exact) mass is 317 g/mol. The van der Waals surface area contributed by atoms with E-state index in [9.17, 15) is 24.9 Å². The van der Waals surface area contributed by atoms with Crippen molar-refractivity contribution < 1.29 is 29.6 Å². The average molecular weight is 317 g/mol. The molecule has 7 heteroatoms. The molecule has 1 aromatic carbocycles. The van der Waals surface area contributed by atoms with E-state index >= 15 is 0 Å². The molecule has 7 nitrogen and oxygen atoms in total. The topological polar surface area (TPSA) is 117 Å². The summed E-state index contributed by atoms with van der Waals surface area (Å²) in [6.07, 6.45) is 0.950. The van der Waals surface area contributed by atoms with Crippen molar-refractivity contribution in [3.05, 3.63) is 52.8 Å². The van der Waals surface area contributed by atoms with Crippen LogP contribution in [0.5, 0.6) is 11.5 Å². The summed E-state index contributed by atoms with van der Waals surface area (Å²) in [5.74, 6) is -3.50. The Kier molecular flexibility index (Phi) is 4.49. The van der Waals surface area contributed by atoms with Crippen molar-refractivity contribution in [1.29, 1.82) is 0 Å². The van der Waals surface area contributed by atoms with Gasteiger partial charge < -0.3 is 20.1 Å². The molecule has 1 aromatic heterocycles. The third-order valence-corrected chi connectivity index (χ3v) is 3.54. The van der Waals surface area contributed by atoms with Gasteiger partial charge in [-0.05, 0) is 17.7 Å². The van der Waals surface area contributed by atoms with E-state index in [4.69, 9.17) is 4.74 Å². The largest absolute Gasteiger partial charge is 0.505 e. The zero-order valence-electron chi connectivity index (χ0n) is 12.5. The summed E-state index contributed by atoms with van der Waals surface area (Å²) < 4.78 is 5.06. The van der Waals surface area contributed by atoms with Crippen LogP contribution < -0.4 is 4.74 Å². The number of hydrogen-bond donors (Lipinski definition) is 3. The number of pyridine rings is 1. The van der Waals surface area contributed by atoms with Crippen molar-refractivity contribution in [2.45, 2.75) is 12.8 Å². The zero-order chi connectivity index (χ0) is 17.1. The third kappa shape index (κ3) is 3.08. The van der Waals surface area contributed by atoms with Gasteiger partial charge in [-0.1, -0.05) is 19.1 Å². The molecule has 0 aliphatic carbocycles. The van der Waals surface area contributed by atoms with Gasteiger partial charge in [0.2, 0.25) is 0 Å². The Morgan fingerprint density at radius 2 is 1.65 bits per heavy atom. The highest BCUT2D eigenvalue weighted by Gasteiger charge is 2.28. The molecule has 0 fully saturated rings. The van der Waals surface area contributed by atoms with Crippen LogP contribution in [0, 0.1) is 0 Å². The van der Waals surface area contributed by atoms with Gasteiger partial charge in [0, 0.05) is 5.92 Å². The lowest BCUT2D eigenvalue weighted by Gasteiger charge is -2.16. The lowest BCUT2D eigenvalue weighted by Crippen LogP contribution is -2.15. The number of hydrogen-bond acceptors (Lipinski definition) is 5. The summed E-state index contributed by atoms with van der Waals surface area (Å²) in [5, 5.41) is 28.2. The number of carboxylic acid groups (broad SMARTS) is 2. The molecule has 2 aromatic rings. The lowest BCUT2D eigenvalue weighted by molar-refractivity contribution is 0.0646. The maximum atomic E-state index is 11.5. The van der Waals surface area contributed by atoms with E-state index in [2.05, 4.69) is 4.98 Å². The minimum Gasteiger partial charge on any atom is -0.505 e. The number of benzene rings is 1. The van der Waals surface area contributed by atoms with Crippen molar-refractivity contribution in [3.63, 3.8) is 0 Å². The Hall–Kier alpha value is -3.09. The highest BCUT2D eigenvalue weighted by Crippen LogP contribution is 2.31. The second kappa shape index (κ2) is 6.35. The number of aromatic carboxylic acids is 2. The molecule has 1 atom stereocenters. The van der Waals surface area contributed by atoms with Gasteiger partial charge in [-0.15, -0.1) is 0 Å². The number of carbonyl (C=O) groups is 2. The van der Waals surface area contributed by atoms with Gasteiger partial charge in [-0.3, -0.25) is 4.98 Å². The van der Waals surface area contributed by atoms with E-state index in [1.54, 1.807) is 31.2 Å². The molecular formula is C16H15NO6. The summed E-state index contributed by atoms with van der Waals surface area (Å²) in [5.41, 5.74) is -0.371. The molecule has 120 valence electrons. The molecule has 1 unspecified atom stereocenters. The normalized spacial score (nSPS) is 11.7. The molecule has 0 saturated carbocycles. The Morgan fingerprint density at radius 1 is 1.09 bits per heavy atom. The van der Waals surface area contributed by atoms with Crippen LogP contribution in [-0.4, -0.2) is 39.4 Å². The van der Waals surface area contributed by atoms with Crippen LogP contribution in [0.25, 0.3) is 0 Å². The lowest BCUT2D eigenvalue weighted by atomic mass is 9.91. The van der Waals surface area contributed by atoms with Crippen LogP contribution in [0.2, 0.25) is 0 Å². The first-order chi connectivity index (χ1) is 10.9. The van der Waals surface area contributed by atoms with Crippen LogP contribution in [0.4, 0.5) is 0 Å². The standard InChI is InChI=1S/C16H15NO6/c1-8(9-3-5-10(23-2)6-4-9)14-13(16(21)22)12(15(19)20)11(18)7-17-14/h3-8,18H,1-2H3,(H,19,20)(H,21,22). The summed E-state index contributed by atoms with van der Waals surface area (Å²) in [6, 6.07) is 6.91. The molecule has 0 spiro atoms. The van der Waals surface area contributed by atoms with Crippen molar-refractivity contribution in [1.82, 2.24) is 4.98 Å². The molecule has 3 N–H and O–H groups in total. The van der Waals surface area contributed by atoms with E-state index in [1.165, 1.54) is 7.11 Å². The molecule has 0 bridgehead atoms. The number of methoxy groups -OCH3 is 1.